The molecule has 0 fully saturated rings. The highest BCUT2D eigenvalue weighted by molar-refractivity contribution is 9.10. The Bertz CT molecular complexity index is 640. The van der Waals surface area contributed by atoms with Crippen LogP contribution in [0.5, 0.6) is 0 Å². The summed E-state index contributed by atoms with van der Waals surface area (Å²) in [4.78, 5) is 12.3. The molecule has 0 radical (unpaired) electrons. The highest BCUT2D eigenvalue weighted by Gasteiger charge is 2.16. The van der Waals surface area contributed by atoms with Gasteiger partial charge in [-0.1, -0.05) is 0 Å². The largest absolute Gasteiger partial charge is 0.397 e. The Labute approximate surface area is 126 Å². The molecule has 0 aliphatic carbocycles. The van der Waals surface area contributed by atoms with Crippen LogP contribution < -0.4 is 11.1 Å². The Morgan fingerprint density at radius 2 is 2.10 bits per heavy atom. The van der Waals surface area contributed by atoms with Crippen LogP contribution in [0.25, 0.3) is 0 Å². The lowest BCUT2D eigenvalue weighted by Crippen LogP contribution is -2.18. The van der Waals surface area contributed by atoms with Gasteiger partial charge in [0, 0.05) is 11.0 Å². The Kier molecular flexibility index (Phi) is 4.13. The topological polar surface area (TPSA) is 72.9 Å². The first-order valence-corrected chi connectivity index (χ1v) is 7.13. The van der Waals surface area contributed by atoms with Gasteiger partial charge in [0.15, 0.2) is 0 Å². The summed E-state index contributed by atoms with van der Waals surface area (Å²) in [7, 11) is 0. The van der Waals surface area contributed by atoms with Crippen LogP contribution in [0.1, 0.15) is 28.7 Å². The van der Waals surface area contributed by atoms with E-state index in [1.54, 1.807) is 10.7 Å². The molecule has 0 unspecified atom stereocenters. The van der Waals surface area contributed by atoms with Crippen LogP contribution in [0, 0.1) is 13.8 Å². The number of benzene rings is 1. The molecule has 2 aromatic rings. The van der Waals surface area contributed by atoms with E-state index in [9.17, 15) is 4.79 Å². The minimum atomic E-state index is -0.219. The molecule has 106 valence electrons. The number of aromatic nitrogens is 2. The number of halogens is 1. The van der Waals surface area contributed by atoms with Crippen molar-refractivity contribution in [2.75, 3.05) is 11.1 Å². The molecule has 6 heteroatoms. The van der Waals surface area contributed by atoms with Gasteiger partial charge < -0.3 is 11.1 Å². The molecule has 0 aliphatic heterocycles. The van der Waals surface area contributed by atoms with Gasteiger partial charge in [-0.05, 0) is 60.5 Å². The zero-order valence-electron chi connectivity index (χ0n) is 11.7. The minimum Gasteiger partial charge on any atom is -0.397 e. The summed E-state index contributed by atoms with van der Waals surface area (Å²) >= 11 is 3.42. The van der Waals surface area contributed by atoms with Crippen molar-refractivity contribution in [3.05, 3.63) is 39.6 Å². The number of nitrogens with two attached hydrogens (primary N) is 1. The van der Waals surface area contributed by atoms with Crippen molar-refractivity contribution in [3.63, 3.8) is 0 Å². The van der Waals surface area contributed by atoms with Crippen LogP contribution >= 0.6 is 15.9 Å². The number of aryl methyl sites for hydroxylation is 3. The van der Waals surface area contributed by atoms with E-state index in [-0.39, 0.29) is 5.91 Å². The second-order valence-corrected chi connectivity index (χ2v) is 5.51. The zero-order valence-corrected chi connectivity index (χ0v) is 13.3. The lowest BCUT2D eigenvalue weighted by Gasteiger charge is -2.12. The summed E-state index contributed by atoms with van der Waals surface area (Å²) in [6.45, 7) is 6.39. The van der Waals surface area contributed by atoms with E-state index in [0.717, 1.165) is 15.7 Å². The molecule has 2 rings (SSSR count). The first-order chi connectivity index (χ1) is 9.42. The summed E-state index contributed by atoms with van der Waals surface area (Å²) in [5, 5.41) is 7.10. The Morgan fingerprint density at radius 3 is 2.70 bits per heavy atom. The first-order valence-electron chi connectivity index (χ1n) is 6.33. The van der Waals surface area contributed by atoms with E-state index in [0.29, 0.717) is 23.6 Å². The maximum atomic E-state index is 12.3. The van der Waals surface area contributed by atoms with Gasteiger partial charge in [0.05, 0.1) is 17.1 Å². The van der Waals surface area contributed by atoms with E-state index >= 15 is 0 Å². The maximum absolute atomic E-state index is 12.3. The molecule has 20 heavy (non-hydrogen) atoms. The number of nitrogen functional groups attached to an aromatic ring is 1. The number of hydrogen-bond acceptors (Lipinski definition) is 3. The van der Waals surface area contributed by atoms with E-state index < -0.39 is 0 Å². The van der Waals surface area contributed by atoms with Crippen LogP contribution in [-0.4, -0.2) is 15.7 Å². The molecule has 0 atom stereocenters. The molecule has 3 N–H and O–H groups in total. The third kappa shape index (κ3) is 2.85. The minimum absolute atomic E-state index is 0.219. The quantitative estimate of drug-likeness (QED) is 0.845. The smallest absolute Gasteiger partial charge is 0.274 e. The summed E-state index contributed by atoms with van der Waals surface area (Å²) in [6, 6.07) is 5.49. The van der Waals surface area contributed by atoms with Gasteiger partial charge in [0.25, 0.3) is 5.91 Å². The van der Waals surface area contributed by atoms with Crippen molar-refractivity contribution >= 4 is 33.2 Å². The highest BCUT2D eigenvalue weighted by atomic mass is 79.9. The van der Waals surface area contributed by atoms with E-state index in [2.05, 4.69) is 26.3 Å². The standard InChI is InChI=1S/C14H17BrN4O/c1-4-19-12(7-9(3)18-19)14(20)17-13-10(15)5-8(2)6-11(13)16/h5-7H,4,16H2,1-3H3,(H,17,20). The molecule has 0 spiro atoms. The predicted octanol–water partition coefficient (Wildman–Crippen LogP) is 3.12. The van der Waals surface area contributed by atoms with Gasteiger partial charge in [-0.3, -0.25) is 9.48 Å². The fraction of sp³-hybridized carbons (Fsp3) is 0.286. The van der Waals surface area contributed by atoms with Crippen LogP contribution in [0.2, 0.25) is 0 Å². The van der Waals surface area contributed by atoms with Gasteiger partial charge >= 0.3 is 0 Å². The van der Waals surface area contributed by atoms with E-state index in [1.807, 2.05) is 32.9 Å². The molecule has 0 saturated heterocycles. The number of carbonyl (C=O) groups excluding carboxylic acids is 1. The molecular formula is C14H17BrN4O. The van der Waals surface area contributed by atoms with Crippen molar-refractivity contribution in [1.82, 2.24) is 9.78 Å². The fourth-order valence-corrected chi connectivity index (χ4v) is 2.74. The van der Waals surface area contributed by atoms with Crippen molar-refractivity contribution in [3.8, 4) is 0 Å². The molecule has 1 aromatic heterocycles. The van der Waals surface area contributed by atoms with Gasteiger partial charge in [-0.25, -0.2) is 0 Å². The van der Waals surface area contributed by atoms with Crippen LogP contribution in [0.4, 0.5) is 11.4 Å². The highest BCUT2D eigenvalue weighted by Crippen LogP contribution is 2.30. The Hall–Kier alpha value is -1.82. The number of anilines is 2. The third-order valence-corrected chi connectivity index (χ3v) is 3.56. The second-order valence-electron chi connectivity index (χ2n) is 4.65. The predicted molar refractivity (Wildman–Crippen MR) is 83.9 cm³/mol. The van der Waals surface area contributed by atoms with Crippen molar-refractivity contribution < 1.29 is 4.79 Å². The number of rotatable bonds is 3. The van der Waals surface area contributed by atoms with Crippen molar-refractivity contribution in [2.45, 2.75) is 27.3 Å². The third-order valence-electron chi connectivity index (χ3n) is 2.94. The lowest BCUT2D eigenvalue weighted by atomic mass is 10.2. The maximum Gasteiger partial charge on any atom is 0.274 e. The van der Waals surface area contributed by atoms with E-state index in [1.165, 1.54) is 0 Å². The average molecular weight is 337 g/mol. The Balaban J connectivity index is 2.32. The lowest BCUT2D eigenvalue weighted by molar-refractivity contribution is 0.101. The van der Waals surface area contributed by atoms with Crippen molar-refractivity contribution in [2.24, 2.45) is 0 Å². The number of nitrogens with zero attached hydrogens (tertiary/aromatic N) is 2. The van der Waals surface area contributed by atoms with Gasteiger partial charge in [0.1, 0.15) is 5.69 Å². The molecule has 5 nitrogen and oxygen atoms in total. The van der Waals surface area contributed by atoms with Crippen molar-refractivity contribution in [1.29, 1.82) is 0 Å². The van der Waals surface area contributed by atoms with Crippen LogP contribution in [0.3, 0.4) is 0 Å². The summed E-state index contributed by atoms with van der Waals surface area (Å²) in [6.07, 6.45) is 0. The van der Waals surface area contributed by atoms with Gasteiger partial charge in [0.2, 0.25) is 0 Å². The molecule has 0 aliphatic rings. The fourth-order valence-electron chi connectivity index (χ4n) is 2.05. The van der Waals surface area contributed by atoms with Crippen LogP contribution in [0.15, 0.2) is 22.7 Å². The first kappa shape index (κ1) is 14.6. The second kappa shape index (κ2) is 5.66. The molecule has 1 aromatic carbocycles. The summed E-state index contributed by atoms with van der Waals surface area (Å²) in [5.41, 5.74) is 9.44. The molecule has 1 amide bonds. The SMILES string of the molecule is CCn1nc(C)cc1C(=O)Nc1c(N)cc(C)cc1Br. The van der Waals surface area contributed by atoms with Gasteiger partial charge in [-0.2, -0.15) is 5.10 Å². The number of amides is 1. The molecular weight excluding hydrogens is 320 g/mol. The number of nitrogens with one attached hydrogen (secondary N) is 1. The summed E-state index contributed by atoms with van der Waals surface area (Å²) < 4.78 is 2.44. The Morgan fingerprint density at radius 1 is 1.40 bits per heavy atom. The zero-order chi connectivity index (χ0) is 14.9. The van der Waals surface area contributed by atoms with Crippen LogP contribution in [-0.2, 0) is 6.54 Å². The average Bonchev–Trinajstić information content (AvgIpc) is 2.75. The molecule has 0 bridgehead atoms. The normalized spacial score (nSPS) is 10.6. The summed E-state index contributed by atoms with van der Waals surface area (Å²) in [5.74, 6) is -0.219. The number of carbonyl (C=O) groups is 1. The van der Waals surface area contributed by atoms with E-state index in [4.69, 9.17) is 5.73 Å². The molecule has 1 heterocycles. The van der Waals surface area contributed by atoms with Gasteiger partial charge in [-0.15, -0.1) is 0 Å². The number of hydrogen-bond donors (Lipinski definition) is 2. The molecule has 0 saturated carbocycles. The monoisotopic (exact) mass is 336 g/mol.